The van der Waals surface area contributed by atoms with E-state index < -0.39 is 5.79 Å². The van der Waals surface area contributed by atoms with Crippen molar-refractivity contribution in [1.82, 2.24) is 9.67 Å². The Morgan fingerprint density at radius 3 is 2.55 bits per heavy atom. The van der Waals surface area contributed by atoms with Crippen molar-refractivity contribution in [2.24, 2.45) is 0 Å². The first-order valence-electron chi connectivity index (χ1n) is 14.8. The molecule has 10 rings (SSSR count). The molecular weight excluding hydrogens is 546 g/mol. The van der Waals surface area contributed by atoms with Gasteiger partial charge in [0.1, 0.15) is 0 Å². The van der Waals surface area contributed by atoms with Crippen molar-refractivity contribution in [2.75, 3.05) is 0 Å². The first kappa shape index (κ1) is 23.7. The third kappa shape index (κ3) is 2.73. The second-order valence-electron chi connectivity index (χ2n) is 11.6. The standard InChI is InChI=1S/C37H26N5O2/c1-23-15-16-26(36-38-22-30(44-36)25-10-4-3-5-11-25)24(2)33(23)27-17-18-29-35-34(27)28-12-6-7-19-39(28)37(35)41-21-9-20-40(41)31-13-8-14-32(43-29)42(31)37/h3-22H,1-2H3/q+3. The summed E-state index contributed by atoms with van der Waals surface area (Å²) in [6, 6.07) is 33.6. The highest BCUT2D eigenvalue weighted by Crippen LogP contribution is 2.51. The van der Waals surface area contributed by atoms with Crippen LogP contribution < -0.4 is 18.6 Å². The van der Waals surface area contributed by atoms with E-state index in [4.69, 9.17) is 14.1 Å². The van der Waals surface area contributed by atoms with Crippen LogP contribution in [0.4, 0.5) is 0 Å². The number of aromatic nitrogens is 5. The van der Waals surface area contributed by atoms with Crippen LogP contribution in [0.2, 0.25) is 0 Å². The highest BCUT2D eigenvalue weighted by Gasteiger charge is 2.78. The maximum Gasteiger partial charge on any atom is 0.583 e. The van der Waals surface area contributed by atoms with Gasteiger partial charge in [-0.05, 0) is 66.4 Å². The highest BCUT2D eigenvalue weighted by molar-refractivity contribution is 5.91. The smallest absolute Gasteiger partial charge is 0.436 e. The summed E-state index contributed by atoms with van der Waals surface area (Å²) in [7, 11) is 0. The Labute approximate surface area is 253 Å². The second kappa shape index (κ2) is 8.17. The van der Waals surface area contributed by atoms with E-state index in [0.29, 0.717) is 5.89 Å². The maximum absolute atomic E-state index is 6.67. The summed E-state index contributed by atoms with van der Waals surface area (Å²) in [5.74, 6) is 3.40. The zero-order valence-electron chi connectivity index (χ0n) is 24.1. The lowest BCUT2D eigenvalue weighted by molar-refractivity contribution is -1.15. The summed E-state index contributed by atoms with van der Waals surface area (Å²) < 4.78 is 22.2. The molecule has 1 atom stereocenters. The van der Waals surface area contributed by atoms with Crippen LogP contribution in [0.1, 0.15) is 16.7 Å². The van der Waals surface area contributed by atoms with Gasteiger partial charge in [0.05, 0.1) is 22.5 Å². The van der Waals surface area contributed by atoms with Gasteiger partial charge in [0.25, 0.3) is 0 Å². The highest BCUT2D eigenvalue weighted by atomic mass is 16.5. The molecule has 3 aliphatic rings. The molecule has 7 aromatic rings. The molecule has 0 bridgehead atoms. The predicted molar refractivity (Wildman–Crippen MR) is 162 cm³/mol. The number of benzene rings is 3. The molecule has 1 spiro atoms. The van der Waals surface area contributed by atoms with Crippen LogP contribution >= 0.6 is 0 Å². The molecular formula is C37H26N5O2+3. The summed E-state index contributed by atoms with van der Waals surface area (Å²) in [4.78, 5) is 4.72. The fourth-order valence-electron chi connectivity index (χ4n) is 7.64. The third-order valence-electron chi connectivity index (χ3n) is 9.39. The molecule has 0 saturated carbocycles. The molecule has 0 aliphatic carbocycles. The molecule has 44 heavy (non-hydrogen) atoms. The molecule has 0 amide bonds. The van der Waals surface area contributed by atoms with E-state index in [-0.39, 0.29) is 0 Å². The Bertz CT molecular complexity index is 2350. The minimum atomic E-state index is -0.683. The SMILES string of the molecule is Cc1ccc(-c2ncc(-c3ccccc3)o2)c(C)c1-c1ccc2c3c1-c1cccc[n+]1C31[n+]3c(cccc3-n3ccc[n+]31)O2. The van der Waals surface area contributed by atoms with E-state index in [1.165, 1.54) is 16.7 Å². The summed E-state index contributed by atoms with van der Waals surface area (Å²) in [5, 5.41) is 0. The van der Waals surface area contributed by atoms with Gasteiger partial charge >= 0.3 is 17.5 Å². The molecule has 0 radical (unpaired) electrons. The van der Waals surface area contributed by atoms with Gasteiger partial charge in [0.2, 0.25) is 23.3 Å². The van der Waals surface area contributed by atoms with E-state index in [0.717, 1.165) is 56.7 Å². The maximum atomic E-state index is 6.67. The molecule has 7 heterocycles. The van der Waals surface area contributed by atoms with E-state index in [2.05, 4.69) is 112 Å². The molecule has 3 aliphatic heterocycles. The number of nitrogens with zero attached hydrogens (tertiary/aromatic N) is 5. The van der Waals surface area contributed by atoms with Gasteiger partial charge in [0.15, 0.2) is 23.9 Å². The van der Waals surface area contributed by atoms with Crippen LogP contribution in [-0.2, 0) is 5.79 Å². The van der Waals surface area contributed by atoms with Gasteiger partial charge in [-0.3, -0.25) is 0 Å². The molecule has 1 unspecified atom stereocenters. The summed E-state index contributed by atoms with van der Waals surface area (Å²) in [6.45, 7) is 4.36. The number of ether oxygens (including phenoxy) is 1. The number of rotatable bonds is 3. The van der Waals surface area contributed by atoms with Crippen LogP contribution in [0, 0.1) is 13.8 Å². The van der Waals surface area contributed by atoms with Gasteiger partial charge in [0, 0.05) is 40.1 Å². The minimum absolute atomic E-state index is 0.616. The van der Waals surface area contributed by atoms with Gasteiger partial charge in [-0.25, -0.2) is 4.98 Å². The number of pyridine rings is 2. The van der Waals surface area contributed by atoms with Crippen molar-refractivity contribution < 1.29 is 23.0 Å². The lowest BCUT2D eigenvalue weighted by Gasteiger charge is -2.21. The average molecular weight is 573 g/mol. The molecule has 208 valence electrons. The Morgan fingerprint density at radius 1 is 0.773 bits per heavy atom. The molecule has 0 N–H and O–H groups in total. The molecule has 0 fully saturated rings. The summed E-state index contributed by atoms with van der Waals surface area (Å²) in [5.41, 5.74) is 10.1. The topological polar surface area (TPSA) is 51.8 Å². The third-order valence-corrected chi connectivity index (χ3v) is 9.39. The number of oxazole rings is 1. The van der Waals surface area contributed by atoms with Crippen LogP contribution in [-0.4, -0.2) is 9.67 Å². The van der Waals surface area contributed by atoms with Crippen molar-refractivity contribution in [1.29, 1.82) is 0 Å². The van der Waals surface area contributed by atoms with Crippen molar-refractivity contribution in [3.05, 3.63) is 139 Å². The zero-order valence-corrected chi connectivity index (χ0v) is 24.1. The van der Waals surface area contributed by atoms with Crippen LogP contribution in [0.25, 0.3) is 51.0 Å². The van der Waals surface area contributed by atoms with Crippen molar-refractivity contribution in [3.8, 4) is 62.6 Å². The van der Waals surface area contributed by atoms with E-state index in [1.54, 1.807) is 0 Å². The van der Waals surface area contributed by atoms with Gasteiger partial charge in [-0.15, -0.1) is 0 Å². The number of hydrogen-bond acceptors (Lipinski definition) is 3. The van der Waals surface area contributed by atoms with E-state index in [1.807, 2.05) is 42.6 Å². The van der Waals surface area contributed by atoms with Crippen molar-refractivity contribution in [2.45, 2.75) is 19.6 Å². The fraction of sp³-hybridized carbons (Fsp3) is 0.0811. The first-order chi connectivity index (χ1) is 21.7. The Kier molecular flexibility index (Phi) is 4.40. The first-order valence-corrected chi connectivity index (χ1v) is 14.8. The van der Waals surface area contributed by atoms with Gasteiger partial charge in [-0.2, -0.15) is 0 Å². The van der Waals surface area contributed by atoms with E-state index in [9.17, 15) is 0 Å². The number of aryl methyl sites for hydroxylation is 1. The zero-order chi connectivity index (χ0) is 29.2. The number of fused-ring (bicyclic) bond motifs is 4. The molecule has 4 aromatic heterocycles. The van der Waals surface area contributed by atoms with E-state index >= 15 is 0 Å². The fourth-order valence-corrected chi connectivity index (χ4v) is 7.64. The van der Waals surface area contributed by atoms with Gasteiger partial charge < -0.3 is 9.15 Å². The Balaban J connectivity index is 1.25. The molecule has 3 aromatic carbocycles. The normalized spacial score (nSPS) is 16.2. The second-order valence-corrected chi connectivity index (χ2v) is 11.6. The average Bonchev–Trinajstić information content (AvgIpc) is 3.84. The van der Waals surface area contributed by atoms with Crippen molar-refractivity contribution in [3.63, 3.8) is 0 Å². The molecule has 7 heteroatoms. The summed E-state index contributed by atoms with van der Waals surface area (Å²) in [6.07, 6.45) is 8.26. The lowest BCUT2D eigenvalue weighted by atomic mass is 9.86. The van der Waals surface area contributed by atoms with Crippen LogP contribution in [0.15, 0.2) is 126 Å². The quantitative estimate of drug-likeness (QED) is 0.241. The lowest BCUT2D eigenvalue weighted by Crippen LogP contribution is -2.84. The molecule has 7 nitrogen and oxygen atoms in total. The number of hydrogen-bond donors (Lipinski definition) is 0. The molecule has 0 saturated heterocycles. The predicted octanol–water partition coefficient (Wildman–Crippen LogP) is 6.10. The Hall–Kier alpha value is -5.82. The monoisotopic (exact) mass is 572 g/mol. The Morgan fingerprint density at radius 2 is 1.64 bits per heavy atom. The van der Waals surface area contributed by atoms with Gasteiger partial charge in [-0.1, -0.05) is 45.5 Å². The largest absolute Gasteiger partial charge is 0.583 e. The summed E-state index contributed by atoms with van der Waals surface area (Å²) >= 11 is 0. The van der Waals surface area contributed by atoms with Crippen molar-refractivity contribution >= 4 is 0 Å². The van der Waals surface area contributed by atoms with Crippen LogP contribution in [0.3, 0.4) is 0 Å². The van der Waals surface area contributed by atoms with Crippen LogP contribution in [0.5, 0.6) is 11.6 Å². The minimum Gasteiger partial charge on any atom is -0.436 e.